The zero-order valence-corrected chi connectivity index (χ0v) is 13.7. The Hall–Kier alpha value is -1.82. The van der Waals surface area contributed by atoms with Crippen LogP contribution in [0.25, 0.3) is 0 Å². The molecule has 5 nitrogen and oxygen atoms in total. The Morgan fingerprint density at radius 2 is 2.24 bits per heavy atom. The maximum atomic E-state index is 4.26. The van der Waals surface area contributed by atoms with Crippen LogP contribution < -0.4 is 10.6 Å². The quantitative estimate of drug-likeness (QED) is 0.635. The van der Waals surface area contributed by atoms with Gasteiger partial charge in [-0.25, -0.2) is 0 Å². The van der Waals surface area contributed by atoms with Crippen molar-refractivity contribution in [2.75, 3.05) is 20.1 Å². The standard InChI is InChI=1S/C15H23N5S/c1-15(2,13-6-4-11-21-13)12-18-14(16-3)17-8-10-20-9-5-7-19-20/h4-7,9,11H,8,10,12H2,1-3H3,(H2,16,17,18). The third-order valence-corrected chi connectivity index (χ3v) is 4.54. The summed E-state index contributed by atoms with van der Waals surface area (Å²) in [6.45, 7) is 6.93. The fraction of sp³-hybridized carbons (Fsp3) is 0.467. The van der Waals surface area contributed by atoms with Gasteiger partial charge in [0.25, 0.3) is 0 Å². The normalized spacial score (nSPS) is 12.4. The molecule has 21 heavy (non-hydrogen) atoms. The topological polar surface area (TPSA) is 54.2 Å². The molecule has 0 bridgehead atoms. The maximum absolute atomic E-state index is 4.26. The van der Waals surface area contributed by atoms with E-state index in [2.05, 4.69) is 52.1 Å². The van der Waals surface area contributed by atoms with E-state index in [1.165, 1.54) is 4.88 Å². The van der Waals surface area contributed by atoms with Crippen LogP contribution in [0.3, 0.4) is 0 Å². The van der Waals surface area contributed by atoms with Crippen LogP contribution in [0, 0.1) is 0 Å². The highest BCUT2D eigenvalue weighted by Crippen LogP contribution is 2.26. The second-order valence-corrected chi connectivity index (χ2v) is 6.43. The van der Waals surface area contributed by atoms with Gasteiger partial charge in [0.1, 0.15) is 0 Å². The maximum Gasteiger partial charge on any atom is 0.191 e. The van der Waals surface area contributed by atoms with Gasteiger partial charge in [-0.2, -0.15) is 5.10 Å². The van der Waals surface area contributed by atoms with Crippen LogP contribution in [0.4, 0.5) is 0 Å². The van der Waals surface area contributed by atoms with Crippen molar-refractivity contribution < 1.29 is 0 Å². The summed E-state index contributed by atoms with van der Waals surface area (Å²) in [5.41, 5.74) is 0.0910. The Balaban J connectivity index is 1.77. The number of rotatable bonds is 6. The predicted molar refractivity (Wildman–Crippen MR) is 88.9 cm³/mol. The first-order valence-electron chi connectivity index (χ1n) is 7.08. The second kappa shape index (κ2) is 7.26. The summed E-state index contributed by atoms with van der Waals surface area (Å²) in [6, 6.07) is 6.20. The minimum Gasteiger partial charge on any atom is -0.356 e. The lowest BCUT2D eigenvalue weighted by molar-refractivity contribution is 0.516. The summed E-state index contributed by atoms with van der Waals surface area (Å²) in [6.07, 6.45) is 3.74. The highest BCUT2D eigenvalue weighted by atomic mass is 32.1. The largest absolute Gasteiger partial charge is 0.356 e. The molecule has 2 aromatic heterocycles. The summed E-state index contributed by atoms with van der Waals surface area (Å²) >= 11 is 1.79. The van der Waals surface area contributed by atoms with Crippen LogP contribution in [0.5, 0.6) is 0 Å². The molecular formula is C15H23N5S. The Morgan fingerprint density at radius 1 is 1.38 bits per heavy atom. The molecule has 6 heteroatoms. The zero-order valence-electron chi connectivity index (χ0n) is 12.8. The number of hydrogen-bond acceptors (Lipinski definition) is 3. The number of aliphatic imine (C=N–C) groups is 1. The lowest BCUT2D eigenvalue weighted by Gasteiger charge is -2.25. The first-order valence-corrected chi connectivity index (χ1v) is 7.96. The zero-order chi connectivity index (χ0) is 15.1. The summed E-state index contributed by atoms with van der Waals surface area (Å²) in [5.74, 6) is 0.826. The Labute approximate surface area is 130 Å². The van der Waals surface area contributed by atoms with E-state index in [0.29, 0.717) is 0 Å². The molecule has 0 unspecified atom stereocenters. The molecular weight excluding hydrogens is 282 g/mol. The van der Waals surface area contributed by atoms with Crippen LogP contribution in [0.1, 0.15) is 18.7 Å². The fourth-order valence-electron chi connectivity index (χ4n) is 2.00. The van der Waals surface area contributed by atoms with Gasteiger partial charge in [0.15, 0.2) is 5.96 Å². The molecule has 2 N–H and O–H groups in total. The summed E-state index contributed by atoms with van der Waals surface area (Å²) in [5, 5.41) is 13.0. The van der Waals surface area contributed by atoms with Crippen LogP contribution in [0.2, 0.25) is 0 Å². The molecule has 2 heterocycles. The number of nitrogens with one attached hydrogen (secondary N) is 2. The predicted octanol–water partition coefficient (Wildman–Crippen LogP) is 2.09. The van der Waals surface area contributed by atoms with Crippen LogP contribution in [-0.4, -0.2) is 35.9 Å². The van der Waals surface area contributed by atoms with Crippen molar-refractivity contribution in [1.82, 2.24) is 20.4 Å². The van der Waals surface area contributed by atoms with Crippen molar-refractivity contribution in [3.63, 3.8) is 0 Å². The Bertz CT molecular complexity index is 543. The van der Waals surface area contributed by atoms with E-state index in [-0.39, 0.29) is 5.41 Å². The first-order chi connectivity index (χ1) is 10.1. The van der Waals surface area contributed by atoms with Gasteiger partial charge < -0.3 is 10.6 Å². The molecule has 0 aromatic carbocycles. The molecule has 0 amide bonds. The fourth-order valence-corrected chi connectivity index (χ4v) is 2.85. The SMILES string of the molecule is CN=C(NCCn1cccn1)NCC(C)(C)c1cccs1. The first kappa shape index (κ1) is 15.6. The van der Waals surface area contributed by atoms with Gasteiger partial charge >= 0.3 is 0 Å². The lowest BCUT2D eigenvalue weighted by atomic mass is 9.91. The second-order valence-electron chi connectivity index (χ2n) is 5.48. The van der Waals surface area contributed by atoms with Crippen molar-refractivity contribution in [2.45, 2.75) is 25.8 Å². The molecule has 0 aliphatic carbocycles. The molecule has 114 valence electrons. The third kappa shape index (κ3) is 4.60. The van der Waals surface area contributed by atoms with Gasteiger partial charge in [0.2, 0.25) is 0 Å². The van der Waals surface area contributed by atoms with Crippen molar-refractivity contribution in [3.05, 3.63) is 40.8 Å². The Kier molecular flexibility index (Phi) is 5.38. The summed E-state index contributed by atoms with van der Waals surface area (Å²) < 4.78 is 1.90. The summed E-state index contributed by atoms with van der Waals surface area (Å²) in [4.78, 5) is 5.64. The molecule has 0 fully saturated rings. The molecule has 0 radical (unpaired) electrons. The van der Waals surface area contributed by atoms with Gasteiger partial charge in [-0.05, 0) is 17.5 Å². The van der Waals surface area contributed by atoms with Crippen molar-refractivity contribution in [2.24, 2.45) is 4.99 Å². The van der Waals surface area contributed by atoms with Crippen molar-refractivity contribution in [3.8, 4) is 0 Å². The van der Waals surface area contributed by atoms with Gasteiger partial charge in [-0.3, -0.25) is 9.67 Å². The molecule has 0 aliphatic rings. The van der Waals surface area contributed by atoms with E-state index >= 15 is 0 Å². The molecule has 0 atom stereocenters. The number of thiophene rings is 1. The smallest absolute Gasteiger partial charge is 0.191 e. The van der Waals surface area contributed by atoms with Crippen molar-refractivity contribution in [1.29, 1.82) is 0 Å². The monoisotopic (exact) mass is 305 g/mol. The highest BCUT2D eigenvalue weighted by Gasteiger charge is 2.21. The van der Waals surface area contributed by atoms with E-state index in [4.69, 9.17) is 0 Å². The average Bonchev–Trinajstić information content (AvgIpc) is 3.15. The molecule has 0 spiro atoms. The number of hydrogen-bond donors (Lipinski definition) is 2. The van der Waals surface area contributed by atoms with E-state index in [1.807, 2.05) is 16.9 Å². The van der Waals surface area contributed by atoms with Gasteiger partial charge in [-0.15, -0.1) is 11.3 Å². The van der Waals surface area contributed by atoms with Crippen molar-refractivity contribution >= 4 is 17.3 Å². The number of aromatic nitrogens is 2. The third-order valence-electron chi connectivity index (χ3n) is 3.30. The minimum atomic E-state index is 0.0910. The molecule has 0 saturated carbocycles. The summed E-state index contributed by atoms with van der Waals surface area (Å²) in [7, 11) is 1.79. The average molecular weight is 305 g/mol. The van der Waals surface area contributed by atoms with E-state index in [0.717, 1.165) is 25.6 Å². The van der Waals surface area contributed by atoms with E-state index in [9.17, 15) is 0 Å². The van der Waals surface area contributed by atoms with E-state index in [1.54, 1.807) is 24.6 Å². The number of guanidine groups is 1. The molecule has 0 saturated heterocycles. The number of nitrogens with zero attached hydrogens (tertiary/aromatic N) is 3. The van der Waals surface area contributed by atoms with Gasteiger partial charge in [0, 0.05) is 42.8 Å². The minimum absolute atomic E-state index is 0.0910. The van der Waals surface area contributed by atoms with Crippen LogP contribution in [-0.2, 0) is 12.0 Å². The Morgan fingerprint density at radius 3 is 2.86 bits per heavy atom. The molecule has 2 aromatic rings. The highest BCUT2D eigenvalue weighted by molar-refractivity contribution is 7.10. The molecule has 2 rings (SSSR count). The van der Waals surface area contributed by atoms with Gasteiger partial charge in [-0.1, -0.05) is 19.9 Å². The lowest BCUT2D eigenvalue weighted by Crippen LogP contribution is -2.44. The van der Waals surface area contributed by atoms with Crippen LogP contribution in [0.15, 0.2) is 41.0 Å². The molecule has 0 aliphatic heterocycles. The van der Waals surface area contributed by atoms with Gasteiger partial charge in [0.05, 0.1) is 6.54 Å². The van der Waals surface area contributed by atoms with E-state index < -0.39 is 0 Å². The van der Waals surface area contributed by atoms with Crippen LogP contribution >= 0.6 is 11.3 Å².